The highest BCUT2D eigenvalue weighted by Gasteiger charge is 2.20. The molecule has 0 atom stereocenters. The van der Waals surface area contributed by atoms with Crippen molar-refractivity contribution < 1.29 is 19.4 Å². The number of carbonyl (C=O) groups is 1. The third-order valence-electron chi connectivity index (χ3n) is 3.38. The fourth-order valence-electron chi connectivity index (χ4n) is 2.19. The Balaban J connectivity index is 1.80. The van der Waals surface area contributed by atoms with Crippen LogP contribution in [0, 0.1) is 0 Å². The molecule has 2 N–H and O–H groups in total. The van der Waals surface area contributed by atoms with Gasteiger partial charge in [-0.2, -0.15) is 5.10 Å². The molecule has 2 aromatic carbocycles. The lowest BCUT2D eigenvalue weighted by atomic mass is 10.1. The van der Waals surface area contributed by atoms with Crippen molar-refractivity contribution in [2.75, 3.05) is 19.1 Å². The Labute approximate surface area is 137 Å². The molecule has 6 nitrogen and oxygen atoms in total. The van der Waals surface area contributed by atoms with E-state index >= 15 is 0 Å². The van der Waals surface area contributed by atoms with Gasteiger partial charge in [-0.15, -0.1) is 0 Å². The van der Waals surface area contributed by atoms with E-state index in [0.717, 1.165) is 11.3 Å². The van der Waals surface area contributed by atoms with E-state index in [0.29, 0.717) is 23.8 Å². The second-order valence-corrected chi connectivity index (χ2v) is 5.23. The summed E-state index contributed by atoms with van der Waals surface area (Å²) in [6.45, 7) is 0.344. The van der Waals surface area contributed by atoms with Crippen LogP contribution in [-0.2, 0) is 0 Å². The van der Waals surface area contributed by atoms with Gasteiger partial charge in [0.2, 0.25) is 0 Å². The molecule has 3 rings (SSSR count). The maximum Gasteiger partial charge on any atom is 0.337 e. The number of methoxy groups -OCH3 is 1. The molecule has 23 heavy (non-hydrogen) atoms. The monoisotopic (exact) mass is 332 g/mol. The van der Waals surface area contributed by atoms with Gasteiger partial charge in [0.1, 0.15) is 23.8 Å². The Morgan fingerprint density at radius 2 is 2.17 bits per heavy atom. The topological polar surface area (TPSA) is 80.2 Å². The minimum absolute atomic E-state index is 0.0477. The summed E-state index contributed by atoms with van der Waals surface area (Å²) in [5.74, 6) is 0.359. The summed E-state index contributed by atoms with van der Waals surface area (Å²) in [7, 11) is 1.60. The molecule has 0 radical (unpaired) electrons. The molecule has 0 fully saturated rings. The van der Waals surface area contributed by atoms with Gasteiger partial charge in [-0.3, -0.25) is 5.43 Å². The first-order valence-corrected chi connectivity index (χ1v) is 7.13. The van der Waals surface area contributed by atoms with E-state index in [4.69, 9.17) is 26.2 Å². The van der Waals surface area contributed by atoms with Crippen LogP contribution in [0.5, 0.6) is 11.5 Å². The van der Waals surface area contributed by atoms with Gasteiger partial charge in [0, 0.05) is 11.6 Å². The van der Waals surface area contributed by atoms with E-state index < -0.39 is 5.97 Å². The van der Waals surface area contributed by atoms with Gasteiger partial charge in [0.25, 0.3) is 0 Å². The number of benzene rings is 2. The zero-order chi connectivity index (χ0) is 16.4. The first-order valence-electron chi connectivity index (χ1n) is 6.75. The normalized spacial score (nSPS) is 14.3. The van der Waals surface area contributed by atoms with Crippen molar-refractivity contribution >= 4 is 29.0 Å². The number of nitrogens with zero attached hydrogens (tertiary/aromatic N) is 1. The molecule has 118 valence electrons. The molecule has 0 saturated heterocycles. The molecular weight excluding hydrogens is 320 g/mol. The molecule has 0 bridgehead atoms. The minimum Gasteiger partial charge on any atom is -0.497 e. The molecule has 0 aliphatic carbocycles. The molecule has 1 heterocycles. The van der Waals surface area contributed by atoms with Crippen molar-refractivity contribution in [2.45, 2.75) is 0 Å². The lowest BCUT2D eigenvalue weighted by Crippen LogP contribution is -2.06. The molecule has 0 unspecified atom stereocenters. The van der Waals surface area contributed by atoms with Crippen LogP contribution in [-0.4, -0.2) is 30.5 Å². The van der Waals surface area contributed by atoms with Gasteiger partial charge in [0.15, 0.2) is 0 Å². The smallest absolute Gasteiger partial charge is 0.337 e. The van der Waals surface area contributed by atoms with Crippen LogP contribution in [0.4, 0.5) is 5.69 Å². The number of nitrogens with one attached hydrogen (secondary N) is 1. The van der Waals surface area contributed by atoms with E-state index in [1.807, 2.05) is 12.1 Å². The number of carboxylic acids is 1. The highest BCUT2D eigenvalue weighted by atomic mass is 35.5. The summed E-state index contributed by atoms with van der Waals surface area (Å²) in [6.07, 6.45) is 0. The molecule has 7 heteroatoms. The van der Waals surface area contributed by atoms with Crippen molar-refractivity contribution in [1.29, 1.82) is 0 Å². The zero-order valence-corrected chi connectivity index (χ0v) is 12.9. The van der Waals surface area contributed by atoms with Crippen molar-refractivity contribution in [1.82, 2.24) is 0 Å². The van der Waals surface area contributed by atoms with Gasteiger partial charge >= 0.3 is 5.97 Å². The first kappa shape index (κ1) is 15.2. The van der Waals surface area contributed by atoms with E-state index in [9.17, 15) is 4.79 Å². The Kier molecular flexibility index (Phi) is 4.08. The van der Waals surface area contributed by atoms with Crippen LogP contribution in [0.15, 0.2) is 41.5 Å². The Morgan fingerprint density at radius 3 is 2.87 bits per heavy atom. The van der Waals surface area contributed by atoms with Crippen LogP contribution >= 0.6 is 11.6 Å². The zero-order valence-electron chi connectivity index (χ0n) is 12.2. The molecular formula is C16H13ClN2O4. The summed E-state index contributed by atoms with van der Waals surface area (Å²) >= 11 is 5.93. The SMILES string of the molecule is COc1ccc2c(c1)OC/C2=N/Nc1ccc(C(=O)O)c(Cl)c1. The van der Waals surface area contributed by atoms with Crippen molar-refractivity contribution in [3.63, 3.8) is 0 Å². The number of hydrogen-bond acceptors (Lipinski definition) is 5. The summed E-state index contributed by atoms with van der Waals surface area (Å²) in [4.78, 5) is 10.9. The molecule has 0 aromatic heterocycles. The van der Waals surface area contributed by atoms with Crippen molar-refractivity contribution in [2.24, 2.45) is 5.10 Å². The Bertz CT molecular complexity index is 805. The number of ether oxygens (including phenoxy) is 2. The summed E-state index contributed by atoms with van der Waals surface area (Å²) in [5.41, 5.74) is 5.12. The Morgan fingerprint density at radius 1 is 1.35 bits per heavy atom. The average Bonchev–Trinajstić information content (AvgIpc) is 2.94. The van der Waals surface area contributed by atoms with Crippen LogP contribution in [0.1, 0.15) is 15.9 Å². The molecule has 0 spiro atoms. The summed E-state index contributed by atoms with van der Waals surface area (Å²) in [6, 6.07) is 10.1. The Hall–Kier alpha value is -2.73. The number of rotatable bonds is 4. The number of anilines is 1. The first-order chi connectivity index (χ1) is 11.1. The molecule has 2 aromatic rings. The summed E-state index contributed by atoms with van der Waals surface area (Å²) in [5, 5.41) is 13.4. The predicted octanol–water partition coefficient (Wildman–Crippen LogP) is 3.26. The van der Waals surface area contributed by atoms with Crippen molar-refractivity contribution in [3.05, 3.63) is 52.5 Å². The average molecular weight is 333 g/mol. The predicted molar refractivity (Wildman–Crippen MR) is 87.1 cm³/mol. The molecule has 1 aliphatic heterocycles. The highest BCUT2D eigenvalue weighted by molar-refractivity contribution is 6.33. The number of halogens is 1. The number of hydrogen-bond donors (Lipinski definition) is 2. The fourth-order valence-corrected chi connectivity index (χ4v) is 2.46. The lowest BCUT2D eigenvalue weighted by molar-refractivity contribution is 0.0697. The fraction of sp³-hybridized carbons (Fsp3) is 0.125. The van der Waals surface area contributed by atoms with Crippen LogP contribution in [0.25, 0.3) is 0 Å². The second kappa shape index (κ2) is 6.18. The third kappa shape index (κ3) is 3.07. The van der Waals surface area contributed by atoms with E-state index in [1.165, 1.54) is 12.1 Å². The van der Waals surface area contributed by atoms with Crippen LogP contribution < -0.4 is 14.9 Å². The molecule has 1 aliphatic rings. The summed E-state index contributed by atoms with van der Waals surface area (Å²) < 4.78 is 10.7. The van der Waals surface area contributed by atoms with Gasteiger partial charge < -0.3 is 14.6 Å². The van der Waals surface area contributed by atoms with Crippen molar-refractivity contribution in [3.8, 4) is 11.5 Å². The van der Waals surface area contributed by atoms with Crippen LogP contribution in [0.3, 0.4) is 0 Å². The quantitative estimate of drug-likeness (QED) is 0.840. The maximum atomic E-state index is 10.9. The van der Waals surface area contributed by atoms with Gasteiger partial charge in [-0.25, -0.2) is 4.79 Å². The number of fused-ring (bicyclic) bond motifs is 1. The minimum atomic E-state index is -1.07. The second-order valence-electron chi connectivity index (χ2n) is 4.82. The highest BCUT2D eigenvalue weighted by Crippen LogP contribution is 2.30. The maximum absolute atomic E-state index is 10.9. The van der Waals surface area contributed by atoms with Gasteiger partial charge in [-0.1, -0.05) is 11.6 Å². The number of carboxylic acid groups (broad SMARTS) is 1. The third-order valence-corrected chi connectivity index (χ3v) is 3.70. The van der Waals surface area contributed by atoms with Crippen LogP contribution in [0.2, 0.25) is 5.02 Å². The number of aromatic carboxylic acids is 1. The lowest BCUT2D eigenvalue weighted by Gasteiger charge is -2.05. The molecule has 0 saturated carbocycles. The van der Waals surface area contributed by atoms with Gasteiger partial charge in [-0.05, 0) is 30.3 Å². The van der Waals surface area contributed by atoms with E-state index in [1.54, 1.807) is 19.2 Å². The standard InChI is InChI=1S/C16H13ClN2O4/c1-22-10-3-5-12-14(8-23-15(12)7-10)19-18-9-2-4-11(16(20)21)13(17)6-9/h2-7,18H,8H2,1H3,(H,20,21)/b19-14-. The van der Waals surface area contributed by atoms with E-state index in [-0.39, 0.29) is 10.6 Å². The molecule has 0 amide bonds. The van der Waals surface area contributed by atoms with E-state index in [2.05, 4.69) is 10.5 Å². The number of hydrazone groups is 1. The largest absolute Gasteiger partial charge is 0.497 e. The van der Waals surface area contributed by atoms with Gasteiger partial charge in [0.05, 0.1) is 23.4 Å².